The van der Waals surface area contributed by atoms with E-state index in [-0.39, 0.29) is 11.3 Å². The molecule has 0 unspecified atom stereocenters. The average molecular weight is 198 g/mol. The molecule has 0 radical (unpaired) electrons. The van der Waals surface area contributed by atoms with Gasteiger partial charge in [-0.25, -0.2) is 0 Å². The van der Waals surface area contributed by atoms with Crippen LogP contribution in [0.4, 0.5) is 5.69 Å². The Hall–Kier alpha value is -1.55. The van der Waals surface area contributed by atoms with Gasteiger partial charge in [0.2, 0.25) is 0 Å². The second kappa shape index (κ2) is 3.45. The topological polar surface area (TPSA) is 93.0 Å². The van der Waals surface area contributed by atoms with Crippen molar-refractivity contribution >= 4 is 29.4 Å². The first kappa shape index (κ1) is 9.54. The highest BCUT2D eigenvalue weighted by molar-refractivity contribution is 6.34. The van der Waals surface area contributed by atoms with E-state index in [1.54, 1.807) is 0 Å². The van der Waals surface area contributed by atoms with Gasteiger partial charge in [0.25, 0.3) is 5.91 Å². The monoisotopic (exact) mass is 197 g/mol. The number of nitrogens with one attached hydrogen (secondary N) is 1. The summed E-state index contributed by atoms with van der Waals surface area (Å²) in [5, 5.41) is 7.35. The number of nitrogens with two attached hydrogens (primary N) is 2. The van der Waals surface area contributed by atoms with Crippen LogP contribution in [0.2, 0.25) is 5.02 Å². The number of halogens is 1. The maximum atomic E-state index is 10.8. The number of benzene rings is 1. The molecule has 0 heterocycles. The van der Waals surface area contributed by atoms with Crippen LogP contribution in [0.5, 0.6) is 0 Å². The Morgan fingerprint density at radius 1 is 1.54 bits per heavy atom. The van der Waals surface area contributed by atoms with E-state index in [0.717, 1.165) is 6.21 Å². The Balaban J connectivity index is 3.44. The minimum absolute atomic E-state index is 0.148. The first-order chi connectivity index (χ1) is 6.07. The van der Waals surface area contributed by atoms with Crippen molar-refractivity contribution in [3.8, 4) is 0 Å². The van der Waals surface area contributed by atoms with E-state index in [2.05, 4.69) is 0 Å². The summed E-state index contributed by atoms with van der Waals surface area (Å²) in [7, 11) is 0. The molecule has 5 heteroatoms. The van der Waals surface area contributed by atoms with Gasteiger partial charge in [-0.05, 0) is 12.1 Å². The predicted octanol–water partition coefficient (Wildman–Crippen LogP) is 1.02. The Morgan fingerprint density at radius 2 is 2.15 bits per heavy atom. The van der Waals surface area contributed by atoms with Crippen LogP contribution in [0.25, 0.3) is 0 Å². The van der Waals surface area contributed by atoms with Gasteiger partial charge in [-0.1, -0.05) is 11.6 Å². The first-order valence-corrected chi connectivity index (χ1v) is 3.84. The molecule has 0 spiro atoms. The molecule has 0 aliphatic rings. The van der Waals surface area contributed by atoms with Gasteiger partial charge in [0.1, 0.15) is 0 Å². The van der Waals surface area contributed by atoms with Crippen molar-refractivity contribution < 1.29 is 4.79 Å². The second-order valence-electron chi connectivity index (χ2n) is 2.43. The summed E-state index contributed by atoms with van der Waals surface area (Å²) in [6.07, 6.45) is 0.990. The number of rotatable bonds is 2. The molecule has 13 heavy (non-hydrogen) atoms. The van der Waals surface area contributed by atoms with Crippen molar-refractivity contribution in [2.24, 2.45) is 5.73 Å². The Labute approximate surface area is 80.0 Å². The minimum Gasteiger partial charge on any atom is -0.398 e. The van der Waals surface area contributed by atoms with Gasteiger partial charge < -0.3 is 16.9 Å². The summed E-state index contributed by atoms with van der Waals surface area (Å²) in [5.41, 5.74) is 11.3. The zero-order valence-corrected chi connectivity index (χ0v) is 7.43. The molecule has 68 valence electrons. The van der Waals surface area contributed by atoms with Crippen LogP contribution in [0.3, 0.4) is 0 Å². The van der Waals surface area contributed by atoms with Crippen molar-refractivity contribution in [2.45, 2.75) is 0 Å². The molecule has 0 fully saturated rings. The zero-order chi connectivity index (χ0) is 10.0. The molecule has 0 atom stereocenters. The summed E-state index contributed by atoms with van der Waals surface area (Å²) < 4.78 is 0. The smallest absolute Gasteiger partial charge is 0.250 e. The number of amides is 1. The molecule has 0 saturated heterocycles. The Kier molecular flexibility index (Phi) is 2.53. The normalized spacial score (nSPS) is 9.62. The largest absolute Gasteiger partial charge is 0.398 e. The summed E-state index contributed by atoms with van der Waals surface area (Å²) in [6.45, 7) is 0. The molecular weight excluding hydrogens is 190 g/mol. The summed E-state index contributed by atoms with van der Waals surface area (Å²) in [5.74, 6) is -0.628. The van der Waals surface area contributed by atoms with Gasteiger partial charge in [-0.2, -0.15) is 0 Å². The lowest BCUT2D eigenvalue weighted by molar-refractivity contribution is 0.100. The number of carbonyl (C=O) groups is 1. The van der Waals surface area contributed by atoms with Gasteiger partial charge >= 0.3 is 0 Å². The van der Waals surface area contributed by atoms with Gasteiger partial charge in [0, 0.05) is 11.8 Å². The van der Waals surface area contributed by atoms with Crippen molar-refractivity contribution in [2.75, 3.05) is 5.73 Å². The summed E-state index contributed by atoms with van der Waals surface area (Å²) >= 11 is 5.72. The molecule has 1 aromatic rings. The van der Waals surface area contributed by atoms with E-state index in [1.807, 2.05) is 0 Å². The van der Waals surface area contributed by atoms with Gasteiger partial charge in [-0.15, -0.1) is 0 Å². The fourth-order valence-corrected chi connectivity index (χ4v) is 1.19. The third kappa shape index (κ3) is 1.62. The molecule has 0 aliphatic heterocycles. The Bertz CT molecular complexity index is 376. The van der Waals surface area contributed by atoms with Crippen LogP contribution < -0.4 is 11.5 Å². The molecule has 1 aromatic carbocycles. The van der Waals surface area contributed by atoms with Crippen LogP contribution in [0, 0.1) is 5.41 Å². The zero-order valence-electron chi connectivity index (χ0n) is 6.67. The number of hydrogen-bond acceptors (Lipinski definition) is 3. The lowest BCUT2D eigenvalue weighted by atomic mass is 10.1. The molecule has 0 aliphatic carbocycles. The third-order valence-corrected chi connectivity index (χ3v) is 1.97. The van der Waals surface area contributed by atoms with Crippen molar-refractivity contribution in [1.82, 2.24) is 0 Å². The highest BCUT2D eigenvalue weighted by Crippen LogP contribution is 2.23. The summed E-state index contributed by atoms with van der Waals surface area (Å²) in [4.78, 5) is 10.8. The highest BCUT2D eigenvalue weighted by atomic mass is 35.5. The number of hydrogen-bond donors (Lipinski definition) is 3. The van der Waals surface area contributed by atoms with Gasteiger partial charge in [-0.3, -0.25) is 4.79 Å². The van der Waals surface area contributed by atoms with Crippen LogP contribution >= 0.6 is 11.6 Å². The SMILES string of the molecule is N=Cc1c(Cl)ccc(C(N)=O)c1N. The van der Waals surface area contributed by atoms with Crippen LogP contribution in [0.15, 0.2) is 12.1 Å². The number of nitrogen functional groups attached to an aromatic ring is 1. The highest BCUT2D eigenvalue weighted by Gasteiger charge is 2.10. The molecule has 0 saturated carbocycles. The lowest BCUT2D eigenvalue weighted by Crippen LogP contribution is -2.14. The summed E-state index contributed by atoms with van der Waals surface area (Å²) in [6, 6.07) is 2.92. The second-order valence-corrected chi connectivity index (χ2v) is 2.84. The molecule has 1 amide bonds. The van der Waals surface area contributed by atoms with E-state index in [0.29, 0.717) is 10.6 Å². The maximum Gasteiger partial charge on any atom is 0.250 e. The van der Waals surface area contributed by atoms with E-state index >= 15 is 0 Å². The van der Waals surface area contributed by atoms with Crippen molar-refractivity contribution in [3.63, 3.8) is 0 Å². The minimum atomic E-state index is -0.628. The molecule has 4 nitrogen and oxygen atoms in total. The first-order valence-electron chi connectivity index (χ1n) is 3.46. The Morgan fingerprint density at radius 3 is 2.62 bits per heavy atom. The van der Waals surface area contributed by atoms with E-state index < -0.39 is 5.91 Å². The van der Waals surface area contributed by atoms with Crippen molar-refractivity contribution in [3.05, 3.63) is 28.3 Å². The molecule has 5 N–H and O–H groups in total. The fraction of sp³-hybridized carbons (Fsp3) is 0. The predicted molar refractivity (Wildman–Crippen MR) is 52.3 cm³/mol. The third-order valence-electron chi connectivity index (χ3n) is 1.64. The quantitative estimate of drug-likeness (QED) is 0.488. The van der Waals surface area contributed by atoms with Crippen molar-refractivity contribution in [1.29, 1.82) is 5.41 Å². The van der Waals surface area contributed by atoms with Crippen LogP contribution in [-0.2, 0) is 0 Å². The standard InChI is InChI=1S/C8H8ClN3O/c9-6-2-1-4(8(12)13)7(11)5(6)3-10/h1-3,10H,11H2,(H2,12,13). The molecule has 0 aromatic heterocycles. The number of primary amides is 1. The van der Waals surface area contributed by atoms with E-state index in [4.69, 9.17) is 28.5 Å². The van der Waals surface area contributed by atoms with E-state index in [1.165, 1.54) is 12.1 Å². The van der Waals surface area contributed by atoms with Gasteiger partial charge in [0.05, 0.1) is 16.3 Å². The molecule has 1 rings (SSSR count). The lowest BCUT2D eigenvalue weighted by Gasteiger charge is -2.06. The number of anilines is 1. The molecular formula is C8H8ClN3O. The molecule has 0 bridgehead atoms. The van der Waals surface area contributed by atoms with E-state index in [9.17, 15) is 4.79 Å². The van der Waals surface area contributed by atoms with Gasteiger partial charge in [0.15, 0.2) is 0 Å². The van der Waals surface area contributed by atoms with Crippen LogP contribution in [-0.4, -0.2) is 12.1 Å². The maximum absolute atomic E-state index is 10.8. The fourth-order valence-electron chi connectivity index (χ4n) is 0.971. The van der Waals surface area contributed by atoms with Crippen LogP contribution in [0.1, 0.15) is 15.9 Å². The average Bonchev–Trinajstić information content (AvgIpc) is 2.04. The number of carbonyl (C=O) groups excluding carboxylic acids is 1.